The molecule has 1 amide bonds. The van der Waals surface area contributed by atoms with E-state index in [1.54, 1.807) is 40.7 Å². The molecule has 0 aliphatic carbocycles. The van der Waals surface area contributed by atoms with Gasteiger partial charge < -0.3 is 19.2 Å². The van der Waals surface area contributed by atoms with Crippen molar-refractivity contribution in [3.05, 3.63) is 39.2 Å². The summed E-state index contributed by atoms with van der Waals surface area (Å²) < 4.78 is 16.0. The Morgan fingerprint density at radius 3 is 2.45 bits per heavy atom. The largest absolute Gasteiger partial charge is 0.444 e. The van der Waals surface area contributed by atoms with Crippen LogP contribution in [0.5, 0.6) is 5.75 Å². The lowest BCUT2D eigenvalue weighted by Gasteiger charge is -2.24. The number of aryl methyl sites for hydroxylation is 1. The van der Waals surface area contributed by atoms with Crippen molar-refractivity contribution in [2.45, 2.75) is 72.4 Å². The van der Waals surface area contributed by atoms with E-state index in [1.807, 2.05) is 0 Å². The monoisotopic (exact) mass is 451 g/mol. The molecule has 8 heteroatoms. The molecule has 1 heterocycles. The zero-order chi connectivity index (χ0) is 23.3. The minimum atomic E-state index is -0.954. The smallest absolute Gasteiger partial charge is 0.408 e. The number of fused-ring (bicyclic) bond motifs is 1. The van der Waals surface area contributed by atoms with Crippen LogP contribution in [0.2, 0.25) is 5.02 Å². The van der Waals surface area contributed by atoms with E-state index in [2.05, 4.69) is 12.2 Å². The first-order chi connectivity index (χ1) is 14.4. The SMILES string of the molecule is CCCCc1cc(=O)oc2cc(OC(=O)[C@@H](NC(=O)OC(C)(C)C)C(C)C)c(Cl)cc12. The highest BCUT2D eigenvalue weighted by Gasteiger charge is 2.29. The summed E-state index contributed by atoms with van der Waals surface area (Å²) in [5.41, 5.74) is -0.0686. The number of halogens is 1. The molecule has 0 aliphatic rings. The van der Waals surface area contributed by atoms with Gasteiger partial charge in [0.05, 0.1) is 5.02 Å². The maximum absolute atomic E-state index is 12.8. The summed E-state index contributed by atoms with van der Waals surface area (Å²) in [6.07, 6.45) is 1.88. The molecule has 1 atom stereocenters. The normalized spacial score (nSPS) is 12.6. The van der Waals surface area contributed by atoms with Crippen LogP contribution in [-0.2, 0) is 16.0 Å². The molecule has 31 heavy (non-hydrogen) atoms. The fourth-order valence-electron chi connectivity index (χ4n) is 2.98. The lowest BCUT2D eigenvalue weighted by atomic mass is 10.0. The number of ether oxygens (including phenoxy) is 2. The van der Waals surface area contributed by atoms with Crippen LogP contribution in [0.15, 0.2) is 27.4 Å². The molecule has 1 aromatic carbocycles. The van der Waals surface area contributed by atoms with Gasteiger partial charge in [0.1, 0.15) is 17.2 Å². The highest BCUT2D eigenvalue weighted by molar-refractivity contribution is 6.33. The first-order valence-electron chi connectivity index (χ1n) is 10.4. The first-order valence-corrected chi connectivity index (χ1v) is 10.8. The first kappa shape index (κ1) is 24.7. The maximum atomic E-state index is 12.8. The summed E-state index contributed by atoms with van der Waals surface area (Å²) in [5.74, 6) is -0.920. The van der Waals surface area contributed by atoms with E-state index in [4.69, 9.17) is 25.5 Å². The molecule has 170 valence electrons. The number of benzene rings is 1. The van der Waals surface area contributed by atoms with Gasteiger partial charge in [-0.1, -0.05) is 38.8 Å². The number of hydrogen-bond donors (Lipinski definition) is 1. The topological polar surface area (TPSA) is 94.8 Å². The van der Waals surface area contributed by atoms with E-state index >= 15 is 0 Å². The molecule has 7 nitrogen and oxygen atoms in total. The number of unbranched alkanes of at least 4 members (excludes halogenated alkanes) is 1. The summed E-state index contributed by atoms with van der Waals surface area (Å²) in [5, 5.41) is 3.44. The Labute approximate surface area is 187 Å². The molecular formula is C23H30ClNO6. The number of amides is 1. The molecule has 2 rings (SSSR count). The lowest BCUT2D eigenvalue weighted by molar-refractivity contribution is -0.137. The summed E-state index contributed by atoms with van der Waals surface area (Å²) >= 11 is 6.36. The predicted molar refractivity (Wildman–Crippen MR) is 120 cm³/mol. The van der Waals surface area contributed by atoms with Crippen molar-refractivity contribution in [3.63, 3.8) is 0 Å². The van der Waals surface area contributed by atoms with Gasteiger partial charge in [0.15, 0.2) is 5.75 Å². The van der Waals surface area contributed by atoms with Crippen LogP contribution in [0.25, 0.3) is 11.0 Å². The summed E-state index contributed by atoms with van der Waals surface area (Å²) in [4.78, 5) is 36.8. The fraction of sp³-hybridized carbons (Fsp3) is 0.522. The van der Waals surface area contributed by atoms with Crippen molar-refractivity contribution in [1.82, 2.24) is 5.32 Å². The molecule has 0 saturated heterocycles. The van der Waals surface area contributed by atoms with Gasteiger partial charge in [-0.05, 0) is 51.2 Å². The van der Waals surface area contributed by atoms with Crippen molar-refractivity contribution in [1.29, 1.82) is 0 Å². The Morgan fingerprint density at radius 2 is 1.87 bits per heavy atom. The Balaban J connectivity index is 2.30. The van der Waals surface area contributed by atoms with E-state index in [0.29, 0.717) is 11.8 Å². The third-order valence-corrected chi connectivity index (χ3v) is 4.78. The van der Waals surface area contributed by atoms with E-state index in [9.17, 15) is 14.4 Å². The van der Waals surface area contributed by atoms with E-state index in [-0.39, 0.29) is 22.3 Å². The average molecular weight is 452 g/mol. The van der Waals surface area contributed by atoms with Crippen LogP contribution >= 0.6 is 11.6 Å². The second-order valence-electron chi connectivity index (χ2n) is 8.76. The highest BCUT2D eigenvalue weighted by Crippen LogP contribution is 2.32. The third kappa shape index (κ3) is 6.99. The van der Waals surface area contributed by atoms with Crippen molar-refractivity contribution < 1.29 is 23.5 Å². The molecule has 0 aliphatic heterocycles. The number of carbonyl (C=O) groups excluding carboxylic acids is 2. The van der Waals surface area contributed by atoms with Gasteiger partial charge in [0.2, 0.25) is 0 Å². The Morgan fingerprint density at radius 1 is 1.19 bits per heavy atom. The van der Waals surface area contributed by atoms with Gasteiger partial charge in [-0.25, -0.2) is 14.4 Å². The van der Waals surface area contributed by atoms with Gasteiger partial charge in [0.25, 0.3) is 0 Å². The molecule has 0 unspecified atom stereocenters. The molecule has 0 radical (unpaired) electrons. The van der Waals surface area contributed by atoms with Gasteiger partial charge in [-0.15, -0.1) is 0 Å². The molecule has 0 bridgehead atoms. The molecule has 1 N–H and O–H groups in total. The predicted octanol–water partition coefficient (Wildman–Crippen LogP) is 5.24. The molecule has 0 fully saturated rings. The Bertz CT molecular complexity index is 1010. The quantitative estimate of drug-likeness (QED) is 0.351. The Hall–Kier alpha value is -2.54. The molecule has 0 saturated carbocycles. The van der Waals surface area contributed by atoms with E-state index in [1.165, 1.54) is 12.1 Å². The second kappa shape index (κ2) is 10.2. The number of carbonyl (C=O) groups is 2. The molecule has 1 aromatic heterocycles. The van der Waals surface area contributed by atoms with Crippen molar-refractivity contribution >= 4 is 34.6 Å². The van der Waals surface area contributed by atoms with Gasteiger partial charge >= 0.3 is 17.7 Å². The summed E-state index contributed by atoms with van der Waals surface area (Å²) in [6.45, 7) is 10.8. The lowest BCUT2D eigenvalue weighted by Crippen LogP contribution is -2.48. The van der Waals surface area contributed by atoms with Crippen LogP contribution in [-0.4, -0.2) is 23.7 Å². The fourth-order valence-corrected chi connectivity index (χ4v) is 3.19. The van der Waals surface area contributed by atoms with Crippen molar-refractivity contribution in [3.8, 4) is 5.75 Å². The zero-order valence-electron chi connectivity index (χ0n) is 18.8. The number of alkyl carbamates (subject to hydrolysis) is 1. The van der Waals surface area contributed by atoms with E-state index < -0.39 is 29.3 Å². The number of hydrogen-bond acceptors (Lipinski definition) is 6. The average Bonchev–Trinajstić information content (AvgIpc) is 2.63. The maximum Gasteiger partial charge on any atom is 0.408 e. The second-order valence-corrected chi connectivity index (χ2v) is 9.17. The van der Waals surface area contributed by atoms with Crippen LogP contribution in [0.4, 0.5) is 4.79 Å². The van der Waals surface area contributed by atoms with Gasteiger partial charge in [0, 0.05) is 17.5 Å². The minimum Gasteiger partial charge on any atom is -0.444 e. The number of nitrogens with one attached hydrogen (secondary N) is 1. The van der Waals surface area contributed by atoms with Gasteiger partial charge in [-0.3, -0.25) is 0 Å². The number of esters is 1. The van der Waals surface area contributed by atoms with Crippen molar-refractivity contribution in [2.75, 3.05) is 0 Å². The zero-order valence-corrected chi connectivity index (χ0v) is 19.6. The van der Waals surface area contributed by atoms with Crippen LogP contribution in [0.1, 0.15) is 59.9 Å². The van der Waals surface area contributed by atoms with Crippen LogP contribution in [0.3, 0.4) is 0 Å². The molecular weight excluding hydrogens is 422 g/mol. The standard InChI is InChI=1S/C23H30ClNO6/c1-7-8-9-14-10-19(26)29-17-12-18(16(24)11-15(14)17)30-21(27)20(13(2)3)25-22(28)31-23(4,5)6/h10-13,20H,7-9H2,1-6H3,(H,25,28)/t20-/m0/s1. The Kier molecular flexibility index (Phi) is 8.12. The summed E-state index contributed by atoms with van der Waals surface area (Å²) in [7, 11) is 0. The van der Waals surface area contributed by atoms with Gasteiger partial charge in [-0.2, -0.15) is 0 Å². The molecule has 0 spiro atoms. The number of rotatable bonds is 7. The van der Waals surface area contributed by atoms with Crippen LogP contribution in [0, 0.1) is 5.92 Å². The minimum absolute atomic E-state index is 0.0478. The van der Waals surface area contributed by atoms with E-state index in [0.717, 1.165) is 18.4 Å². The molecule has 2 aromatic rings. The third-order valence-electron chi connectivity index (χ3n) is 4.49. The summed E-state index contributed by atoms with van der Waals surface area (Å²) in [6, 6.07) is 3.56. The van der Waals surface area contributed by atoms with Crippen LogP contribution < -0.4 is 15.7 Å². The highest BCUT2D eigenvalue weighted by atomic mass is 35.5. The van der Waals surface area contributed by atoms with Crippen molar-refractivity contribution in [2.24, 2.45) is 5.92 Å².